The molecule has 0 aromatic carbocycles. The zero-order chi connectivity index (χ0) is 13.8. The van der Waals surface area contributed by atoms with Crippen LogP contribution in [0.5, 0.6) is 0 Å². The van der Waals surface area contributed by atoms with E-state index in [-0.39, 0.29) is 0 Å². The van der Waals surface area contributed by atoms with Crippen LogP contribution in [0, 0.1) is 11.8 Å². The summed E-state index contributed by atoms with van der Waals surface area (Å²) in [6.07, 6.45) is 9.51. The van der Waals surface area contributed by atoms with E-state index in [4.69, 9.17) is 4.74 Å². The van der Waals surface area contributed by atoms with Crippen molar-refractivity contribution in [3.05, 3.63) is 23.3 Å². The lowest BCUT2D eigenvalue weighted by Gasteiger charge is -2.27. The van der Waals surface area contributed by atoms with Crippen LogP contribution in [0.4, 0.5) is 0 Å². The number of hydrogen-bond acceptors (Lipinski definition) is 1. The molecule has 0 heterocycles. The van der Waals surface area contributed by atoms with Gasteiger partial charge in [-0.15, -0.1) is 0 Å². The lowest BCUT2D eigenvalue weighted by molar-refractivity contribution is 0.0664. The Kier molecular flexibility index (Phi) is 6.16. The van der Waals surface area contributed by atoms with Gasteiger partial charge in [0.05, 0.1) is 0 Å². The number of ether oxygens (including phenoxy) is 1. The molecule has 0 bridgehead atoms. The summed E-state index contributed by atoms with van der Waals surface area (Å²) < 4.78 is 5.98. The quantitative estimate of drug-likeness (QED) is 0.470. The minimum atomic E-state index is 0.557. The molecule has 108 valence electrons. The first-order chi connectivity index (χ1) is 9.06. The zero-order valence-corrected chi connectivity index (χ0v) is 15.0. The summed E-state index contributed by atoms with van der Waals surface area (Å²) in [6.45, 7) is 6.25. The van der Waals surface area contributed by atoms with Crippen LogP contribution in [-0.2, 0) is 4.74 Å². The molecule has 0 aromatic rings. The first-order valence-corrected chi connectivity index (χ1v) is 9.08. The minimum Gasteiger partial charge on any atom is -0.381 e. The first-order valence-electron chi connectivity index (χ1n) is 7.25. The Morgan fingerprint density at radius 2 is 1.37 bits per heavy atom. The van der Waals surface area contributed by atoms with Crippen molar-refractivity contribution in [3.8, 4) is 0 Å². The topological polar surface area (TPSA) is 9.23 Å². The summed E-state index contributed by atoms with van der Waals surface area (Å²) in [4.78, 5) is 1.11. The van der Waals surface area contributed by atoms with Gasteiger partial charge in [0.2, 0.25) is 0 Å². The van der Waals surface area contributed by atoms with Gasteiger partial charge in [-0.05, 0) is 51.4 Å². The van der Waals surface area contributed by atoms with Crippen molar-refractivity contribution in [1.29, 1.82) is 0 Å². The van der Waals surface area contributed by atoms with Gasteiger partial charge in [-0.3, -0.25) is 0 Å². The van der Waals surface area contributed by atoms with E-state index in [0.29, 0.717) is 21.5 Å². The molecule has 19 heavy (non-hydrogen) atoms. The van der Waals surface area contributed by atoms with Crippen LogP contribution in [0.25, 0.3) is 0 Å². The fourth-order valence-corrected chi connectivity index (χ4v) is 4.22. The second kappa shape index (κ2) is 7.42. The van der Waals surface area contributed by atoms with Crippen molar-refractivity contribution in [2.75, 3.05) is 13.2 Å². The van der Waals surface area contributed by atoms with Crippen molar-refractivity contribution in [3.63, 3.8) is 0 Å². The van der Waals surface area contributed by atoms with Crippen molar-refractivity contribution in [1.82, 2.24) is 0 Å². The molecule has 0 amide bonds. The van der Waals surface area contributed by atoms with Gasteiger partial charge in [-0.1, -0.05) is 55.2 Å². The average Bonchev–Trinajstić information content (AvgIpc) is 2.38. The van der Waals surface area contributed by atoms with Crippen LogP contribution in [0.15, 0.2) is 23.3 Å². The second-order valence-corrected chi connectivity index (χ2v) is 8.25. The summed E-state index contributed by atoms with van der Waals surface area (Å²) in [5.41, 5.74) is 2.96. The van der Waals surface area contributed by atoms with Gasteiger partial charge in [0, 0.05) is 22.9 Å². The fourth-order valence-electron chi connectivity index (χ4n) is 2.78. The molecule has 0 fully saturated rings. The number of halogens is 2. The molecule has 2 aliphatic rings. The third-order valence-corrected chi connectivity index (χ3v) is 6.51. The molecule has 0 saturated heterocycles. The number of alkyl halides is 2. The van der Waals surface area contributed by atoms with E-state index in [9.17, 15) is 0 Å². The maximum absolute atomic E-state index is 5.98. The lowest BCUT2D eigenvalue weighted by atomic mass is 9.90. The molecule has 0 aromatic heterocycles. The summed E-state index contributed by atoms with van der Waals surface area (Å²) in [6, 6.07) is 0. The highest BCUT2D eigenvalue weighted by atomic mass is 79.9. The molecule has 0 radical (unpaired) electrons. The molecule has 4 atom stereocenters. The number of rotatable bonds is 4. The Balaban J connectivity index is 1.68. The molecule has 4 unspecified atom stereocenters. The van der Waals surface area contributed by atoms with E-state index >= 15 is 0 Å². The van der Waals surface area contributed by atoms with Crippen molar-refractivity contribution in [2.24, 2.45) is 11.8 Å². The maximum Gasteiger partial charge on any atom is 0.0497 e. The van der Waals surface area contributed by atoms with E-state index in [1.807, 2.05) is 0 Å². The Bertz CT molecular complexity index is 328. The standard InChI is InChI=1S/C16H24Br2O/c1-11-3-5-13(7-15(11)17)9-19-10-14-6-4-12(2)16(18)8-14/h3-4,13-16H,5-10H2,1-2H3. The smallest absolute Gasteiger partial charge is 0.0497 e. The SMILES string of the molecule is CC1=CCC(COCC2CC=C(C)C(Br)C2)CC1Br. The zero-order valence-electron chi connectivity index (χ0n) is 11.9. The summed E-state index contributed by atoms with van der Waals surface area (Å²) in [5.74, 6) is 1.38. The highest BCUT2D eigenvalue weighted by Crippen LogP contribution is 2.31. The number of hydrogen-bond donors (Lipinski definition) is 0. The minimum absolute atomic E-state index is 0.557. The van der Waals surface area contributed by atoms with Crippen LogP contribution in [-0.4, -0.2) is 22.9 Å². The highest BCUT2D eigenvalue weighted by Gasteiger charge is 2.22. The van der Waals surface area contributed by atoms with E-state index in [2.05, 4.69) is 57.9 Å². The van der Waals surface area contributed by atoms with Crippen LogP contribution < -0.4 is 0 Å². The van der Waals surface area contributed by atoms with Crippen LogP contribution in [0.1, 0.15) is 39.5 Å². The van der Waals surface area contributed by atoms with E-state index in [0.717, 1.165) is 13.2 Å². The van der Waals surface area contributed by atoms with E-state index < -0.39 is 0 Å². The van der Waals surface area contributed by atoms with Crippen LogP contribution in [0.2, 0.25) is 0 Å². The predicted molar refractivity (Wildman–Crippen MR) is 89.2 cm³/mol. The van der Waals surface area contributed by atoms with E-state index in [1.165, 1.54) is 36.8 Å². The van der Waals surface area contributed by atoms with Gasteiger partial charge < -0.3 is 4.74 Å². The molecule has 2 aliphatic carbocycles. The van der Waals surface area contributed by atoms with Crippen LogP contribution >= 0.6 is 31.9 Å². The average molecular weight is 392 g/mol. The largest absolute Gasteiger partial charge is 0.381 e. The van der Waals surface area contributed by atoms with Gasteiger partial charge in [-0.2, -0.15) is 0 Å². The molecule has 0 spiro atoms. The van der Waals surface area contributed by atoms with Gasteiger partial charge >= 0.3 is 0 Å². The summed E-state index contributed by atoms with van der Waals surface area (Å²) in [7, 11) is 0. The van der Waals surface area contributed by atoms with Gasteiger partial charge in [0.1, 0.15) is 0 Å². The van der Waals surface area contributed by atoms with Crippen LogP contribution in [0.3, 0.4) is 0 Å². The molecular formula is C16H24Br2O. The lowest BCUT2D eigenvalue weighted by Crippen LogP contribution is -2.23. The van der Waals surface area contributed by atoms with Crippen molar-refractivity contribution < 1.29 is 4.74 Å². The third-order valence-electron chi connectivity index (χ3n) is 4.32. The molecular weight excluding hydrogens is 368 g/mol. The fraction of sp³-hybridized carbons (Fsp3) is 0.750. The van der Waals surface area contributed by atoms with Crippen molar-refractivity contribution >= 4 is 31.9 Å². The van der Waals surface area contributed by atoms with Gasteiger partial charge in [0.25, 0.3) is 0 Å². The Morgan fingerprint density at radius 1 is 0.947 bits per heavy atom. The number of allylic oxidation sites excluding steroid dienone is 4. The predicted octanol–water partition coefficient (Wildman–Crippen LogP) is 5.24. The Hall–Kier alpha value is 0.400. The Labute approximate surface area is 134 Å². The van der Waals surface area contributed by atoms with Gasteiger partial charge in [0.15, 0.2) is 0 Å². The first kappa shape index (κ1) is 15.8. The molecule has 0 saturated carbocycles. The molecule has 0 N–H and O–H groups in total. The molecule has 0 aliphatic heterocycles. The summed E-state index contributed by atoms with van der Waals surface area (Å²) in [5, 5.41) is 0. The molecule has 3 heteroatoms. The molecule has 1 nitrogen and oxygen atoms in total. The van der Waals surface area contributed by atoms with E-state index in [1.54, 1.807) is 0 Å². The van der Waals surface area contributed by atoms with Gasteiger partial charge in [-0.25, -0.2) is 0 Å². The van der Waals surface area contributed by atoms with Crippen molar-refractivity contribution in [2.45, 2.75) is 49.2 Å². The third kappa shape index (κ3) is 4.71. The maximum atomic E-state index is 5.98. The Morgan fingerprint density at radius 3 is 1.74 bits per heavy atom. The monoisotopic (exact) mass is 390 g/mol. The second-order valence-electron chi connectivity index (χ2n) is 6.04. The summed E-state index contributed by atoms with van der Waals surface area (Å²) >= 11 is 7.48. The molecule has 2 rings (SSSR count). The highest BCUT2D eigenvalue weighted by molar-refractivity contribution is 9.09. The normalized spacial score (nSPS) is 35.8.